The number of amides is 1. The SMILES string of the molecule is Cc1ccc(NC(=O)c2cc(C(C)(F)F)ccn2)cc1C1=Cc2cnc(Nc3cnn(C)c3)nc2N2CCN=C12. The second-order valence-corrected chi connectivity index (χ2v) is 9.72. The quantitative estimate of drug-likeness (QED) is 0.361. The van der Waals surface area contributed by atoms with Crippen LogP contribution in [0.15, 0.2) is 60.1 Å². The van der Waals surface area contributed by atoms with E-state index >= 15 is 0 Å². The number of carbonyl (C=O) groups excluding carboxylic acids is 1. The number of rotatable bonds is 6. The van der Waals surface area contributed by atoms with Gasteiger partial charge in [-0.1, -0.05) is 6.07 Å². The molecule has 1 aromatic carbocycles. The topological polar surface area (TPSA) is 113 Å². The van der Waals surface area contributed by atoms with Crippen LogP contribution < -0.4 is 15.5 Å². The molecule has 0 saturated heterocycles. The van der Waals surface area contributed by atoms with E-state index in [9.17, 15) is 13.6 Å². The second kappa shape index (κ2) is 9.63. The van der Waals surface area contributed by atoms with Crippen molar-refractivity contribution in [2.45, 2.75) is 19.8 Å². The van der Waals surface area contributed by atoms with Crippen molar-refractivity contribution < 1.29 is 13.6 Å². The number of aliphatic imine (C=N–C) groups is 1. The van der Waals surface area contributed by atoms with Gasteiger partial charge in [-0.05, 0) is 48.4 Å². The Morgan fingerprint density at radius 3 is 2.73 bits per heavy atom. The first kappa shape index (κ1) is 25.3. The summed E-state index contributed by atoms with van der Waals surface area (Å²) < 4.78 is 29.2. The number of hydrogen-bond donors (Lipinski definition) is 2. The van der Waals surface area contributed by atoms with Crippen molar-refractivity contribution in [1.29, 1.82) is 0 Å². The summed E-state index contributed by atoms with van der Waals surface area (Å²) in [5.74, 6) is -1.67. The molecule has 202 valence electrons. The van der Waals surface area contributed by atoms with E-state index in [0.717, 1.165) is 52.6 Å². The summed E-state index contributed by atoms with van der Waals surface area (Å²) in [4.78, 5) is 32.9. The van der Waals surface area contributed by atoms with Gasteiger partial charge in [0.1, 0.15) is 17.3 Å². The average Bonchev–Trinajstić information content (AvgIpc) is 3.58. The van der Waals surface area contributed by atoms with Crippen LogP contribution in [0, 0.1) is 6.92 Å². The Bertz CT molecular complexity index is 1700. The number of carbonyl (C=O) groups is 1. The van der Waals surface area contributed by atoms with Gasteiger partial charge in [0.05, 0.1) is 18.4 Å². The van der Waals surface area contributed by atoms with Crippen molar-refractivity contribution in [2.75, 3.05) is 28.6 Å². The Hall–Kier alpha value is -5.00. The zero-order chi connectivity index (χ0) is 28.0. The van der Waals surface area contributed by atoms with Gasteiger partial charge in [0, 0.05) is 61.5 Å². The summed E-state index contributed by atoms with van der Waals surface area (Å²) in [6.07, 6.45) is 8.50. The van der Waals surface area contributed by atoms with Crippen LogP contribution in [-0.4, -0.2) is 49.6 Å². The lowest BCUT2D eigenvalue weighted by molar-refractivity contribution is 0.0173. The van der Waals surface area contributed by atoms with Gasteiger partial charge in [-0.25, -0.2) is 13.8 Å². The van der Waals surface area contributed by atoms with Gasteiger partial charge < -0.3 is 15.5 Å². The molecule has 40 heavy (non-hydrogen) atoms. The highest BCUT2D eigenvalue weighted by Crippen LogP contribution is 2.37. The molecule has 0 atom stereocenters. The maximum Gasteiger partial charge on any atom is 0.274 e. The summed E-state index contributed by atoms with van der Waals surface area (Å²) in [5.41, 5.74) is 4.48. The number of alkyl halides is 2. The zero-order valence-electron chi connectivity index (χ0n) is 22.0. The maximum atomic E-state index is 13.8. The molecule has 0 radical (unpaired) electrons. The zero-order valence-corrected chi connectivity index (χ0v) is 22.0. The molecule has 0 bridgehead atoms. The smallest absolute Gasteiger partial charge is 0.274 e. The number of benzene rings is 1. The summed E-state index contributed by atoms with van der Waals surface area (Å²) in [7, 11) is 1.84. The van der Waals surface area contributed by atoms with Gasteiger partial charge in [0.2, 0.25) is 5.95 Å². The van der Waals surface area contributed by atoms with Crippen LogP contribution in [0.1, 0.15) is 39.7 Å². The number of nitrogens with zero attached hydrogens (tertiary/aromatic N) is 7. The van der Waals surface area contributed by atoms with Crippen molar-refractivity contribution in [2.24, 2.45) is 12.0 Å². The van der Waals surface area contributed by atoms with E-state index < -0.39 is 11.8 Å². The lowest BCUT2D eigenvalue weighted by Crippen LogP contribution is -2.32. The molecule has 2 N–H and O–H groups in total. The van der Waals surface area contributed by atoms with E-state index in [1.54, 1.807) is 23.1 Å². The number of halogens is 2. The van der Waals surface area contributed by atoms with Crippen LogP contribution >= 0.6 is 0 Å². The second-order valence-electron chi connectivity index (χ2n) is 9.72. The highest BCUT2D eigenvalue weighted by molar-refractivity contribution is 6.36. The van der Waals surface area contributed by atoms with Gasteiger partial charge in [-0.2, -0.15) is 10.1 Å². The van der Waals surface area contributed by atoms with Gasteiger partial charge in [-0.3, -0.25) is 19.5 Å². The van der Waals surface area contributed by atoms with E-state index in [1.165, 1.54) is 12.3 Å². The Balaban J connectivity index is 1.31. The van der Waals surface area contributed by atoms with E-state index in [0.29, 0.717) is 24.7 Å². The normalized spacial score (nSPS) is 14.3. The third-order valence-corrected chi connectivity index (χ3v) is 6.68. The number of nitrogens with one attached hydrogen (secondary N) is 2. The number of hydrogen-bond acceptors (Lipinski definition) is 8. The van der Waals surface area contributed by atoms with Crippen LogP contribution in [0.2, 0.25) is 0 Å². The Morgan fingerprint density at radius 2 is 1.95 bits per heavy atom. The van der Waals surface area contributed by atoms with Crippen molar-refractivity contribution >= 4 is 46.5 Å². The molecule has 0 aliphatic carbocycles. The van der Waals surface area contributed by atoms with Crippen LogP contribution in [0.25, 0.3) is 11.6 Å². The molecule has 12 heteroatoms. The molecule has 10 nitrogen and oxygen atoms in total. The predicted octanol–water partition coefficient (Wildman–Crippen LogP) is 4.79. The average molecular weight is 542 g/mol. The molecule has 0 fully saturated rings. The van der Waals surface area contributed by atoms with Crippen LogP contribution in [0.4, 0.5) is 31.9 Å². The molecular weight excluding hydrogens is 516 g/mol. The first-order chi connectivity index (χ1) is 19.2. The minimum absolute atomic E-state index is 0.0915. The van der Waals surface area contributed by atoms with Gasteiger partial charge in [0.15, 0.2) is 0 Å². The third kappa shape index (κ3) is 4.79. The largest absolute Gasteiger partial charge is 0.321 e. The molecule has 4 aromatic rings. The number of anilines is 4. The van der Waals surface area contributed by atoms with Crippen molar-refractivity contribution in [3.8, 4) is 0 Å². The van der Waals surface area contributed by atoms with Gasteiger partial charge >= 0.3 is 0 Å². The van der Waals surface area contributed by atoms with Crippen molar-refractivity contribution in [3.05, 3.63) is 83.1 Å². The first-order valence-electron chi connectivity index (χ1n) is 12.6. The summed E-state index contributed by atoms with van der Waals surface area (Å²) in [6, 6.07) is 7.81. The standard InChI is InChI=1S/C28H25F2N9O/c1-16-4-5-19(35-26(40)23-11-18(6-7-31-23)28(2,29)30)12-21(16)22-10-17-13-33-27(36-20-14-34-38(3)15-20)37-24(17)39-9-8-32-25(22)39/h4-7,10-15H,8-9H2,1-3H3,(H,35,40)(H,33,36,37). The minimum atomic E-state index is -3.08. The van der Waals surface area contributed by atoms with Gasteiger partial charge in [0.25, 0.3) is 11.8 Å². The summed E-state index contributed by atoms with van der Waals surface area (Å²) >= 11 is 0. The molecule has 5 heterocycles. The predicted molar refractivity (Wildman–Crippen MR) is 149 cm³/mol. The summed E-state index contributed by atoms with van der Waals surface area (Å²) in [5, 5.41) is 10.1. The van der Waals surface area contributed by atoms with Crippen LogP contribution in [-0.2, 0) is 13.0 Å². The molecule has 1 amide bonds. The lowest BCUT2D eigenvalue weighted by Gasteiger charge is -2.28. The van der Waals surface area contributed by atoms with E-state index in [-0.39, 0.29) is 11.3 Å². The highest BCUT2D eigenvalue weighted by atomic mass is 19.3. The van der Waals surface area contributed by atoms with Gasteiger partial charge in [-0.15, -0.1) is 0 Å². The fraction of sp³-hybridized carbons (Fsp3) is 0.214. The number of amidine groups is 1. The molecule has 0 unspecified atom stereocenters. The molecule has 0 saturated carbocycles. The molecular formula is C28H25F2N9O. The van der Waals surface area contributed by atoms with Crippen LogP contribution in [0.3, 0.4) is 0 Å². The number of aromatic nitrogens is 5. The fourth-order valence-corrected chi connectivity index (χ4v) is 4.69. The number of fused-ring (bicyclic) bond motifs is 3. The molecule has 2 aliphatic heterocycles. The van der Waals surface area contributed by atoms with E-state index in [1.807, 2.05) is 38.4 Å². The highest BCUT2D eigenvalue weighted by Gasteiger charge is 2.31. The Morgan fingerprint density at radius 1 is 1.10 bits per heavy atom. The fourth-order valence-electron chi connectivity index (χ4n) is 4.69. The maximum absolute atomic E-state index is 13.8. The van der Waals surface area contributed by atoms with Crippen molar-refractivity contribution in [1.82, 2.24) is 24.7 Å². The monoisotopic (exact) mass is 541 g/mol. The van der Waals surface area contributed by atoms with E-state index in [2.05, 4.69) is 30.6 Å². The first-order valence-corrected chi connectivity index (χ1v) is 12.6. The van der Waals surface area contributed by atoms with Crippen molar-refractivity contribution in [3.63, 3.8) is 0 Å². The molecule has 2 aliphatic rings. The number of aryl methyl sites for hydroxylation is 2. The van der Waals surface area contributed by atoms with Crippen LogP contribution in [0.5, 0.6) is 0 Å². The third-order valence-electron chi connectivity index (χ3n) is 6.68. The molecule has 0 spiro atoms. The molecule has 6 rings (SSSR count). The van der Waals surface area contributed by atoms with E-state index in [4.69, 9.17) is 9.98 Å². The lowest BCUT2D eigenvalue weighted by atomic mass is 9.94. The Labute approximate surface area is 228 Å². The molecule has 3 aromatic heterocycles. The minimum Gasteiger partial charge on any atom is -0.321 e. The summed E-state index contributed by atoms with van der Waals surface area (Å²) in [6.45, 7) is 4.04. The number of pyridine rings is 1. The Kier molecular flexibility index (Phi) is 6.09.